The van der Waals surface area contributed by atoms with Crippen molar-refractivity contribution in [3.8, 4) is 0 Å². The molecule has 1 N–H and O–H groups in total. The molecule has 1 heterocycles. The van der Waals surface area contributed by atoms with E-state index in [-0.39, 0.29) is 0 Å². The molecular formula is C14H17N3O. The number of aryl methyl sites for hydroxylation is 1. The number of rotatable bonds is 6. The SMILES string of the molecule is Cc1nccc(NCCOCc2ccccc2)n1. The molecule has 0 aliphatic heterocycles. The van der Waals surface area contributed by atoms with Gasteiger partial charge in [-0.05, 0) is 18.6 Å². The van der Waals surface area contributed by atoms with Crippen LogP contribution in [0.5, 0.6) is 0 Å². The Morgan fingerprint density at radius 1 is 1.17 bits per heavy atom. The zero-order valence-electron chi connectivity index (χ0n) is 10.5. The Balaban J connectivity index is 1.65. The molecule has 0 fully saturated rings. The molecule has 0 unspecified atom stereocenters. The van der Waals surface area contributed by atoms with E-state index in [9.17, 15) is 0 Å². The van der Waals surface area contributed by atoms with E-state index >= 15 is 0 Å². The fourth-order valence-electron chi connectivity index (χ4n) is 1.57. The molecule has 0 aliphatic rings. The first-order chi connectivity index (χ1) is 8.84. The second-order valence-electron chi connectivity index (χ2n) is 3.95. The van der Waals surface area contributed by atoms with Crippen molar-refractivity contribution in [2.75, 3.05) is 18.5 Å². The lowest BCUT2D eigenvalue weighted by Crippen LogP contribution is -2.10. The molecule has 4 heteroatoms. The van der Waals surface area contributed by atoms with Crippen LogP contribution in [-0.2, 0) is 11.3 Å². The van der Waals surface area contributed by atoms with Crippen LogP contribution >= 0.6 is 0 Å². The third-order valence-electron chi connectivity index (χ3n) is 2.44. The van der Waals surface area contributed by atoms with Crippen LogP contribution in [0.3, 0.4) is 0 Å². The van der Waals surface area contributed by atoms with Gasteiger partial charge in [0.1, 0.15) is 11.6 Å². The van der Waals surface area contributed by atoms with E-state index in [0.717, 1.165) is 18.2 Å². The van der Waals surface area contributed by atoms with Crippen molar-refractivity contribution >= 4 is 5.82 Å². The van der Waals surface area contributed by atoms with Gasteiger partial charge in [0.05, 0.1) is 13.2 Å². The summed E-state index contributed by atoms with van der Waals surface area (Å²) in [5.74, 6) is 1.61. The zero-order chi connectivity index (χ0) is 12.6. The van der Waals surface area contributed by atoms with Crippen molar-refractivity contribution in [2.45, 2.75) is 13.5 Å². The molecule has 0 saturated heterocycles. The first kappa shape index (κ1) is 12.5. The molecule has 0 spiro atoms. The lowest BCUT2D eigenvalue weighted by Gasteiger charge is -2.07. The van der Waals surface area contributed by atoms with Gasteiger partial charge in [-0.25, -0.2) is 9.97 Å². The molecule has 0 bridgehead atoms. The number of ether oxygens (including phenoxy) is 1. The van der Waals surface area contributed by atoms with Crippen LogP contribution < -0.4 is 5.32 Å². The van der Waals surface area contributed by atoms with Crippen molar-refractivity contribution < 1.29 is 4.74 Å². The van der Waals surface area contributed by atoms with E-state index in [1.807, 2.05) is 31.2 Å². The molecule has 0 amide bonds. The highest BCUT2D eigenvalue weighted by atomic mass is 16.5. The largest absolute Gasteiger partial charge is 0.375 e. The van der Waals surface area contributed by atoms with Crippen molar-refractivity contribution in [2.24, 2.45) is 0 Å². The summed E-state index contributed by atoms with van der Waals surface area (Å²) >= 11 is 0. The van der Waals surface area contributed by atoms with Gasteiger partial charge in [-0.3, -0.25) is 0 Å². The van der Waals surface area contributed by atoms with E-state index in [4.69, 9.17) is 4.74 Å². The highest BCUT2D eigenvalue weighted by Gasteiger charge is 1.95. The average Bonchev–Trinajstić information content (AvgIpc) is 2.40. The minimum atomic E-state index is 0.644. The molecule has 1 aromatic carbocycles. The van der Waals surface area contributed by atoms with E-state index in [1.165, 1.54) is 5.56 Å². The van der Waals surface area contributed by atoms with Gasteiger partial charge in [0.2, 0.25) is 0 Å². The third kappa shape index (κ3) is 4.14. The molecule has 0 aliphatic carbocycles. The molecule has 4 nitrogen and oxygen atoms in total. The number of hydrogen-bond donors (Lipinski definition) is 1. The quantitative estimate of drug-likeness (QED) is 0.791. The van der Waals surface area contributed by atoms with Gasteiger partial charge in [-0.1, -0.05) is 30.3 Å². The van der Waals surface area contributed by atoms with Gasteiger partial charge in [0.15, 0.2) is 0 Å². The lowest BCUT2D eigenvalue weighted by molar-refractivity contribution is 0.130. The highest BCUT2D eigenvalue weighted by Crippen LogP contribution is 2.02. The minimum absolute atomic E-state index is 0.644. The fourth-order valence-corrected chi connectivity index (χ4v) is 1.57. The number of hydrogen-bond acceptors (Lipinski definition) is 4. The molecule has 1 aromatic heterocycles. The highest BCUT2D eigenvalue weighted by molar-refractivity contribution is 5.32. The molecule has 2 rings (SSSR count). The smallest absolute Gasteiger partial charge is 0.129 e. The Morgan fingerprint density at radius 2 is 2.00 bits per heavy atom. The van der Waals surface area contributed by atoms with Crippen LogP contribution in [0.15, 0.2) is 42.6 Å². The number of benzene rings is 1. The van der Waals surface area contributed by atoms with Crippen molar-refractivity contribution in [3.05, 3.63) is 54.0 Å². The molecule has 18 heavy (non-hydrogen) atoms. The lowest BCUT2D eigenvalue weighted by atomic mass is 10.2. The first-order valence-corrected chi connectivity index (χ1v) is 6.00. The van der Waals surface area contributed by atoms with E-state index < -0.39 is 0 Å². The van der Waals surface area contributed by atoms with Crippen LogP contribution in [0.4, 0.5) is 5.82 Å². The summed E-state index contributed by atoms with van der Waals surface area (Å²) in [6.07, 6.45) is 1.75. The predicted molar refractivity (Wildman–Crippen MR) is 71.4 cm³/mol. The predicted octanol–water partition coefficient (Wildman–Crippen LogP) is 2.41. The molecule has 0 atom stereocenters. The number of anilines is 1. The average molecular weight is 243 g/mol. The van der Waals surface area contributed by atoms with Crippen molar-refractivity contribution in [3.63, 3.8) is 0 Å². The second kappa shape index (κ2) is 6.71. The third-order valence-corrected chi connectivity index (χ3v) is 2.44. The van der Waals surface area contributed by atoms with Crippen LogP contribution in [0, 0.1) is 6.92 Å². The van der Waals surface area contributed by atoms with E-state index in [2.05, 4.69) is 27.4 Å². The summed E-state index contributed by atoms with van der Waals surface area (Å²) in [5, 5.41) is 3.20. The van der Waals surface area contributed by atoms with E-state index in [1.54, 1.807) is 6.20 Å². The van der Waals surface area contributed by atoms with Gasteiger partial charge in [-0.2, -0.15) is 0 Å². The van der Waals surface area contributed by atoms with Crippen molar-refractivity contribution in [1.29, 1.82) is 0 Å². The first-order valence-electron chi connectivity index (χ1n) is 6.00. The van der Waals surface area contributed by atoms with E-state index in [0.29, 0.717) is 13.2 Å². The number of nitrogens with zero attached hydrogens (tertiary/aromatic N) is 2. The van der Waals surface area contributed by atoms with Gasteiger partial charge < -0.3 is 10.1 Å². The van der Waals surface area contributed by atoms with Gasteiger partial charge >= 0.3 is 0 Å². The molecule has 94 valence electrons. The Labute approximate surface area is 107 Å². The second-order valence-corrected chi connectivity index (χ2v) is 3.95. The molecule has 0 saturated carbocycles. The molecular weight excluding hydrogens is 226 g/mol. The monoisotopic (exact) mass is 243 g/mol. The van der Waals surface area contributed by atoms with Crippen LogP contribution in [0.1, 0.15) is 11.4 Å². The Kier molecular flexibility index (Phi) is 4.67. The van der Waals surface area contributed by atoms with Crippen molar-refractivity contribution in [1.82, 2.24) is 9.97 Å². The Bertz CT molecular complexity index is 473. The summed E-state index contributed by atoms with van der Waals surface area (Å²) in [5.41, 5.74) is 1.19. The molecule has 0 radical (unpaired) electrons. The summed E-state index contributed by atoms with van der Waals surface area (Å²) in [7, 11) is 0. The number of aromatic nitrogens is 2. The minimum Gasteiger partial charge on any atom is -0.375 e. The molecule has 2 aromatic rings. The standard InChI is InChI=1S/C14H17N3O/c1-12-15-8-7-14(17-12)16-9-10-18-11-13-5-3-2-4-6-13/h2-8H,9-11H2,1H3,(H,15,16,17). The van der Waals surface area contributed by atoms with Crippen LogP contribution in [0.25, 0.3) is 0 Å². The Hall–Kier alpha value is -1.94. The maximum Gasteiger partial charge on any atom is 0.129 e. The number of nitrogens with one attached hydrogen (secondary N) is 1. The topological polar surface area (TPSA) is 47.0 Å². The summed E-state index contributed by atoms with van der Waals surface area (Å²) in [4.78, 5) is 8.29. The van der Waals surface area contributed by atoms with Gasteiger partial charge in [0.25, 0.3) is 0 Å². The Morgan fingerprint density at radius 3 is 2.78 bits per heavy atom. The van der Waals surface area contributed by atoms with Gasteiger partial charge in [-0.15, -0.1) is 0 Å². The van der Waals surface area contributed by atoms with Crippen LogP contribution in [0.2, 0.25) is 0 Å². The maximum absolute atomic E-state index is 5.57. The summed E-state index contributed by atoms with van der Waals surface area (Å²) in [6, 6.07) is 12.0. The zero-order valence-corrected chi connectivity index (χ0v) is 10.5. The normalized spacial score (nSPS) is 10.3. The summed E-state index contributed by atoms with van der Waals surface area (Å²) in [6.45, 7) is 3.91. The van der Waals surface area contributed by atoms with Gasteiger partial charge in [0, 0.05) is 12.7 Å². The fraction of sp³-hybridized carbons (Fsp3) is 0.286. The van der Waals surface area contributed by atoms with Crippen LogP contribution in [-0.4, -0.2) is 23.1 Å². The maximum atomic E-state index is 5.57. The summed E-state index contributed by atoms with van der Waals surface area (Å²) < 4.78 is 5.57.